The summed E-state index contributed by atoms with van der Waals surface area (Å²) < 4.78 is 0. The van der Waals surface area contributed by atoms with Crippen LogP contribution in [0.1, 0.15) is 46.5 Å². The molecule has 3 nitrogen and oxygen atoms in total. The Morgan fingerprint density at radius 3 is 2.53 bits per heavy atom. The van der Waals surface area contributed by atoms with Gasteiger partial charge in [0.2, 0.25) is 5.91 Å². The predicted octanol–water partition coefficient (Wildman–Crippen LogP) is 1.73. The second kappa shape index (κ2) is 3.78. The van der Waals surface area contributed by atoms with Crippen molar-refractivity contribution in [3.63, 3.8) is 0 Å². The van der Waals surface area contributed by atoms with E-state index in [1.165, 1.54) is 19.3 Å². The van der Waals surface area contributed by atoms with Gasteiger partial charge in [0.05, 0.1) is 12.2 Å². The van der Waals surface area contributed by atoms with E-state index in [0.717, 1.165) is 13.0 Å². The first-order chi connectivity index (χ1) is 7.12. The van der Waals surface area contributed by atoms with Crippen LogP contribution in [0.15, 0.2) is 0 Å². The summed E-state index contributed by atoms with van der Waals surface area (Å²) >= 11 is 0. The number of hydrogen-bond donors (Lipinski definition) is 1. The van der Waals surface area contributed by atoms with E-state index < -0.39 is 0 Å². The standard InChI is InChI=1S/C12H22N2O/c1-4-10-11(15)14(9(3)13-10)8-12(5-2)6-7-12/h9-10,13H,4-8H2,1-3H3. The number of carbonyl (C=O) groups is 1. The maximum Gasteiger partial charge on any atom is 0.241 e. The van der Waals surface area contributed by atoms with Gasteiger partial charge in [0.1, 0.15) is 0 Å². The number of nitrogens with zero attached hydrogens (tertiary/aromatic N) is 1. The number of carbonyl (C=O) groups excluding carboxylic acids is 1. The maximum absolute atomic E-state index is 12.0. The zero-order valence-corrected chi connectivity index (χ0v) is 10.0. The lowest BCUT2D eigenvalue weighted by molar-refractivity contribution is -0.130. The molecule has 2 rings (SSSR count). The van der Waals surface area contributed by atoms with Crippen molar-refractivity contribution in [2.75, 3.05) is 6.54 Å². The van der Waals surface area contributed by atoms with Crippen molar-refractivity contribution in [1.29, 1.82) is 0 Å². The third-order valence-corrected chi connectivity index (χ3v) is 4.11. The Kier molecular flexibility index (Phi) is 2.75. The molecule has 1 saturated carbocycles. The van der Waals surface area contributed by atoms with Crippen molar-refractivity contribution < 1.29 is 4.79 Å². The first kappa shape index (κ1) is 10.9. The van der Waals surface area contributed by atoms with Gasteiger partial charge < -0.3 is 4.90 Å². The minimum absolute atomic E-state index is 0.0626. The topological polar surface area (TPSA) is 32.3 Å². The van der Waals surface area contributed by atoms with E-state index in [-0.39, 0.29) is 12.2 Å². The molecular formula is C12H22N2O. The summed E-state index contributed by atoms with van der Waals surface area (Å²) in [4.78, 5) is 14.1. The van der Waals surface area contributed by atoms with Gasteiger partial charge in [-0.25, -0.2) is 0 Å². The summed E-state index contributed by atoms with van der Waals surface area (Å²) in [6.45, 7) is 7.37. The third kappa shape index (κ3) is 1.89. The van der Waals surface area contributed by atoms with Crippen LogP contribution in [0.3, 0.4) is 0 Å². The molecule has 0 aromatic carbocycles. The van der Waals surface area contributed by atoms with Gasteiger partial charge in [-0.15, -0.1) is 0 Å². The maximum atomic E-state index is 12.0. The largest absolute Gasteiger partial charge is 0.326 e. The number of rotatable bonds is 4. The van der Waals surface area contributed by atoms with Crippen LogP contribution in [0.2, 0.25) is 0 Å². The Hall–Kier alpha value is -0.570. The van der Waals surface area contributed by atoms with E-state index in [4.69, 9.17) is 0 Å². The quantitative estimate of drug-likeness (QED) is 0.766. The molecule has 1 saturated heterocycles. The lowest BCUT2D eigenvalue weighted by Gasteiger charge is -2.26. The van der Waals surface area contributed by atoms with Gasteiger partial charge in [-0.1, -0.05) is 13.8 Å². The Morgan fingerprint density at radius 1 is 1.47 bits per heavy atom. The van der Waals surface area contributed by atoms with Crippen LogP contribution in [-0.2, 0) is 4.79 Å². The number of nitrogens with one attached hydrogen (secondary N) is 1. The third-order valence-electron chi connectivity index (χ3n) is 4.11. The van der Waals surface area contributed by atoms with E-state index >= 15 is 0 Å². The number of hydrogen-bond acceptors (Lipinski definition) is 2. The van der Waals surface area contributed by atoms with Gasteiger partial charge in [-0.2, -0.15) is 0 Å². The van der Waals surface area contributed by atoms with Gasteiger partial charge in [-0.05, 0) is 38.0 Å². The molecule has 2 fully saturated rings. The smallest absolute Gasteiger partial charge is 0.241 e. The van der Waals surface area contributed by atoms with Crippen molar-refractivity contribution >= 4 is 5.91 Å². The molecule has 1 aliphatic heterocycles. The van der Waals surface area contributed by atoms with Crippen molar-refractivity contribution in [1.82, 2.24) is 10.2 Å². The molecule has 2 aliphatic rings. The molecular weight excluding hydrogens is 188 g/mol. The summed E-state index contributed by atoms with van der Waals surface area (Å²) in [7, 11) is 0. The minimum Gasteiger partial charge on any atom is -0.326 e. The van der Waals surface area contributed by atoms with Crippen LogP contribution in [-0.4, -0.2) is 29.6 Å². The molecule has 2 atom stereocenters. The molecule has 2 unspecified atom stereocenters. The highest BCUT2D eigenvalue weighted by Crippen LogP contribution is 2.49. The Morgan fingerprint density at radius 2 is 2.13 bits per heavy atom. The van der Waals surface area contributed by atoms with Crippen LogP contribution in [0.25, 0.3) is 0 Å². The zero-order chi connectivity index (χ0) is 11.1. The summed E-state index contributed by atoms with van der Waals surface area (Å²) in [6.07, 6.45) is 4.94. The first-order valence-corrected chi connectivity index (χ1v) is 6.18. The lowest BCUT2D eigenvalue weighted by atomic mass is 10.0. The van der Waals surface area contributed by atoms with Crippen molar-refractivity contribution in [2.45, 2.75) is 58.7 Å². The highest BCUT2D eigenvalue weighted by atomic mass is 16.2. The number of amides is 1. The molecule has 86 valence electrons. The molecule has 0 aromatic rings. The molecule has 15 heavy (non-hydrogen) atoms. The molecule has 0 spiro atoms. The molecule has 1 amide bonds. The Bertz CT molecular complexity index is 260. The van der Waals surface area contributed by atoms with Gasteiger partial charge in [0.25, 0.3) is 0 Å². The van der Waals surface area contributed by atoms with Crippen LogP contribution in [0, 0.1) is 5.41 Å². The average Bonchev–Trinajstić information content (AvgIpc) is 2.96. The van der Waals surface area contributed by atoms with E-state index in [1.807, 2.05) is 4.90 Å². The second-order valence-corrected chi connectivity index (χ2v) is 5.12. The fourth-order valence-corrected chi connectivity index (χ4v) is 2.51. The summed E-state index contributed by atoms with van der Waals surface area (Å²) in [5.41, 5.74) is 0.466. The minimum atomic E-state index is 0.0626. The van der Waals surface area contributed by atoms with Gasteiger partial charge in [0.15, 0.2) is 0 Å². The molecule has 1 heterocycles. The monoisotopic (exact) mass is 210 g/mol. The molecule has 1 aliphatic carbocycles. The SMILES string of the molecule is CCC1NC(C)N(CC2(CC)CC2)C1=O. The van der Waals surface area contributed by atoms with Crippen molar-refractivity contribution in [3.05, 3.63) is 0 Å². The van der Waals surface area contributed by atoms with Crippen molar-refractivity contribution in [2.24, 2.45) is 5.41 Å². The average molecular weight is 210 g/mol. The van der Waals surface area contributed by atoms with Crippen LogP contribution in [0.4, 0.5) is 0 Å². The highest BCUT2D eigenvalue weighted by molar-refractivity contribution is 5.84. The molecule has 1 N–H and O–H groups in total. The highest BCUT2D eigenvalue weighted by Gasteiger charge is 2.46. The Labute approximate surface area is 92.2 Å². The lowest BCUT2D eigenvalue weighted by Crippen LogP contribution is -2.39. The predicted molar refractivity (Wildman–Crippen MR) is 60.3 cm³/mol. The van der Waals surface area contributed by atoms with E-state index in [1.54, 1.807) is 0 Å². The van der Waals surface area contributed by atoms with Gasteiger partial charge in [0, 0.05) is 6.54 Å². The Balaban J connectivity index is 2.00. The van der Waals surface area contributed by atoms with E-state index in [9.17, 15) is 4.79 Å². The van der Waals surface area contributed by atoms with Gasteiger partial charge >= 0.3 is 0 Å². The molecule has 0 bridgehead atoms. The van der Waals surface area contributed by atoms with Crippen molar-refractivity contribution in [3.8, 4) is 0 Å². The normalized spacial score (nSPS) is 33.5. The first-order valence-electron chi connectivity index (χ1n) is 6.18. The van der Waals surface area contributed by atoms with Crippen LogP contribution in [0.5, 0.6) is 0 Å². The second-order valence-electron chi connectivity index (χ2n) is 5.12. The van der Waals surface area contributed by atoms with Gasteiger partial charge in [-0.3, -0.25) is 10.1 Å². The molecule has 0 radical (unpaired) electrons. The van der Waals surface area contributed by atoms with E-state index in [2.05, 4.69) is 26.1 Å². The van der Waals surface area contributed by atoms with Crippen LogP contribution < -0.4 is 5.32 Å². The summed E-state index contributed by atoms with van der Waals surface area (Å²) in [5, 5.41) is 3.35. The fourth-order valence-electron chi connectivity index (χ4n) is 2.51. The zero-order valence-electron chi connectivity index (χ0n) is 10.0. The fraction of sp³-hybridized carbons (Fsp3) is 0.917. The summed E-state index contributed by atoms with van der Waals surface area (Å²) in [5.74, 6) is 0.310. The summed E-state index contributed by atoms with van der Waals surface area (Å²) in [6, 6.07) is 0.0626. The van der Waals surface area contributed by atoms with Crippen LogP contribution >= 0.6 is 0 Å². The molecule has 3 heteroatoms. The van der Waals surface area contributed by atoms with E-state index in [0.29, 0.717) is 11.3 Å². The molecule has 0 aromatic heterocycles.